The lowest BCUT2D eigenvalue weighted by atomic mass is 10.0. The first kappa shape index (κ1) is 22.9. The quantitative estimate of drug-likeness (QED) is 0.270. The van der Waals surface area contributed by atoms with Crippen molar-refractivity contribution in [3.05, 3.63) is 16.3 Å². The van der Waals surface area contributed by atoms with Crippen molar-refractivity contribution in [1.82, 2.24) is 25.7 Å². The van der Waals surface area contributed by atoms with Crippen LogP contribution in [-0.2, 0) is 9.59 Å². The number of hydrogen-bond acceptors (Lipinski definition) is 8. The first-order valence-corrected chi connectivity index (χ1v) is 12.6. The molecule has 12 heteroatoms. The third-order valence-electron chi connectivity index (χ3n) is 4.73. The molecule has 0 bridgehead atoms. The summed E-state index contributed by atoms with van der Waals surface area (Å²) in [5, 5.41) is 23.6. The van der Waals surface area contributed by atoms with Gasteiger partial charge in [-0.2, -0.15) is 0 Å². The number of carbonyl (C=O) groups is 3. The van der Waals surface area contributed by atoms with E-state index in [0.29, 0.717) is 23.6 Å². The van der Waals surface area contributed by atoms with Crippen LogP contribution in [0.15, 0.2) is 15.6 Å². The number of urea groups is 1. The summed E-state index contributed by atoms with van der Waals surface area (Å²) in [6.07, 6.45) is 4.19. The number of fused-ring (bicyclic) bond motifs is 1. The number of aliphatic carboxylic acids is 1. The number of aryl methyl sites for hydroxylation is 1. The number of hydrogen-bond donors (Lipinski definition) is 3. The van der Waals surface area contributed by atoms with Crippen LogP contribution in [0.5, 0.6) is 0 Å². The molecule has 2 atom stereocenters. The van der Waals surface area contributed by atoms with Crippen LogP contribution in [0.3, 0.4) is 0 Å². The summed E-state index contributed by atoms with van der Waals surface area (Å²) in [5.41, 5.74) is 0.698. The maximum absolute atomic E-state index is 12.6. The molecule has 1 aromatic heterocycles. The van der Waals surface area contributed by atoms with Gasteiger partial charge >= 0.3 is 12.0 Å². The van der Waals surface area contributed by atoms with Gasteiger partial charge in [0.15, 0.2) is 4.34 Å². The summed E-state index contributed by atoms with van der Waals surface area (Å²) in [6, 6.07) is -1.10. The van der Waals surface area contributed by atoms with Crippen molar-refractivity contribution >= 4 is 52.8 Å². The average molecular weight is 472 g/mol. The van der Waals surface area contributed by atoms with E-state index in [9.17, 15) is 19.5 Å². The lowest BCUT2D eigenvalue weighted by molar-refractivity contribution is -0.148. The topological polar surface area (TPSA) is 125 Å². The van der Waals surface area contributed by atoms with Crippen molar-refractivity contribution in [2.45, 2.75) is 55.3 Å². The van der Waals surface area contributed by atoms with E-state index in [1.54, 1.807) is 0 Å². The Balaban J connectivity index is 1.57. The van der Waals surface area contributed by atoms with E-state index < -0.39 is 17.4 Å². The minimum absolute atomic E-state index is 0.0236. The van der Waals surface area contributed by atoms with Crippen LogP contribution in [-0.4, -0.2) is 67.6 Å². The molecule has 2 aliphatic rings. The first-order valence-electron chi connectivity index (χ1n) is 9.79. The second kappa shape index (κ2) is 10.5. The van der Waals surface area contributed by atoms with Gasteiger partial charge in [0.05, 0.1) is 0 Å². The minimum Gasteiger partial charge on any atom is -0.477 e. The summed E-state index contributed by atoms with van der Waals surface area (Å²) in [6.45, 7) is 4.54. The van der Waals surface area contributed by atoms with Gasteiger partial charge in [-0.05, 0) is 18.9 Å². The van der Waals surface area contributed by atoms with Gasteiger partial charge in [0, 0.05) is 18.1 Å². The molecule has 3 rings (SSSR count). The zero-order valence-corrected chi connectivity index (χ0v) is 19.3. The van der Waals surface area contributed by atoms with Crippen molar-refractivity contribution in [3.8, 4) is 0 Å². The van der Waals surface area contributed by atoms with E-state index in [0.717, 1.165) is 35.0 Å². The standard InChI is InChI=1S/C18H25N5O4S3/c1-3-4-5-6-7-19-17(27)20-12-14(24)23-13(16(25)26)11(8-28-15(12)23)9-29-18-22-21-10(2)30-18/h12,15H,3-9H2,1-2H3,(H,25,26)(H2,19,20,27)/t12?,15-/m0/s1. The van der Waals surface area contributed by atoms with Gasteiger partial charge in [-0.25, -0.2) is 9.59 Å². The second-order valence-corrected chi connectivity index (χ2v) is 10.5. The number of nitrogens with one attached hydrogen (secondary N) is 2. The lowest BCUT2D eigenvalue weighted by Crippen LogP contribution is -2.71. The van der Waals surface area contributed by atoms with E-state index in [1.165, 1.54) is 39.8 Å². The molecule has 3 amide bonds. The third-order valence-corrected chi connectivity index (χ3v) is 8.13. The molecule has 3 N–H and O–H groups in total. The second-order valence-electron chi connectivity index (χ2n) is 6.98. The Morgan fingerprint density at radius 3 is 2.77 bits per heavy atom. The van der Waals surface area contributed by atoms with Crippen LogP contribution in [0.2, 0.25) is 0 Å². The summed E-state index contributed by atoms with van der Waals surface area (Å²) >= 11 is 4.33. The molecule has 3 heterocycles. The predicted molar refractivity (Wildman–Crippen MR) is 118 cm³/mol. The highest BCUT2D eigenvalue weighted by molar-refractivity contribution is 8.01. The number of unbranched alkanes of at least 4 members (excludes halogenated alkanes) is 3. The maximum atomic E-state index is 12.6. The SMILES string of the molecule is CCCCCCNC(=O)NC1C(=O)N2C(C(=O)O)=C(CSc3nnc(C)s3)CS[C@@H]12. The number of carbonyl (C=O) groups excluding carboxylic acids is 2. The Labute approximate surface area is 187 Å². The van der Waals surface area contributed by atoms with Crippen LogP contribution in [0, 0.1) is 6.92 Å². The fourth-order valence-electron chi connectivity index (χ4n) is 3.23. The maximum Gasteiger partial charge on any atom is 0.352 e. The molecular formula is C18H25N5O4S3. The summed E-state index contributed by atoms with van der Waals surface area (Å²) in [7, 11) is 0. The van der Waals surface area contributed by atoms with Gasteiger partial charge in [-0.15, -0.1) is 22.0 Å². The molecule has 0 aliphatic carbocycles. The van der Waals surface area contributed by atoms with Crippen molar-refractivity contribution < 1.29 is 19.5 Å². The van der Waals surface area contributed by atoms with Gasteiger partial charge < -0.3 is 15.7 Å². The highest BCUT2D eigenvalue weighted by Gasteiger charge is 2.54. The van der Waals surface area contributed by atoms with Crippen molar-refractivity contribution in [2.75, 3.05) is 18.1 Å². The molecule has 0 aromatic carbocycles. The Bertz CT molecular complexity index is 844. The molecule has 0 spiro atoms. The number of carboxylic acid groups (broad SMARTS) is 1. The fraction of sp³-hybridized carbons (Fsp3) is 0.611. The van der Waals surface area contributed by atoms with Crippen LogP contribution in [0.25, 0.3) is 0 Å². The van der Waals surface area contributed by atoms with Crippen molar-refractivity contribution in [3.63, 3.8) is 0 Å². The highest BCUT2D eigenvalue weighted by Crippen LogP contribution is 2.41. The number of rotatable bonds is 10. The van der Waals surface area contributed by atoms with Gasteiger partial charge in [0.25, 0.3) is 5.91 Å². The molecule has 2 aliphatic heterocycles. The molecule has 9 nitrogen and oxygen atoms in total. The van der Waals surface area contributed by atoms with Gasteiger partial charge in [-0.1, -0.05) is 49.3 Å². The zero-order chi connectivity index (χ0) is 21.7. The number of β-lactam (4-membered cyclic amide) rings is 1. The largest absolute Gasteiger partial charge is 0.477 e. The van der Waals surface area contributed by atoms with Crippen LogP contribution < -0.4 is 10.6 Å². The van der Waals surface area contributed by atoms with Gasteiger partial charge in [0.2, 0.25) is 0 Å². The van der Waals surface area contributed by atoms with E-state index in [4.69, 9.17) is 0 Å². The van der Waals surface area contributed by atoms with E-state index in [1.807, 2.05) is 6.92 Å². The summed E-state index contributed by atoms with van der Waals surface area (Å²) in [5.74, 6) is -0.607. The molecule has 164 valence electrons. The molecule has 0 radical (unpaired) electrons. The molecule has 1 saturated heterocycles. The molecular weight excluding hydrogens is 446 g/mol. The minimum atomic E-state index is -1.13. The normalized spacial score (nSPS) is 20.6. The molecule has 30 heavy (non-hydrogen) atoms. The lowest BCUT2D eigenvalue weighted by Gasteiger charge is -2.49. The molecule has 1 aromatic rings. The number of carboxylic acids is 1. The van der Waals surface area contributed by atoms with E-state index in [-0.39, 0.29) is 17.6 Å². The van der Waals surface area contributed by atoms with Crippen LogP contribution in [0.4, 0.5) is 4.79 Å². The van der Waals surface area contributed by atoms with Gasteiger partial charge in [-0.3, -0.25) is 9.69 Å². The summed E-state index contributed by atoms with van der Waals surface area (Å²) < 4.78 is 0.766. The van der Waals surface area contributed by atoms with Crippen molar-refractivity contribution in [2.24, 2.45) is 0 Å². The number of nitrogens with zero attached hydrogens (tertiary/aromatic N) is 3. The monoisotopic (exact) mass is 471 g/mol. The molecule has 1 fully saturated rings. The van der Waals surface area contributed by atoms with Gasteiger partial charge in [0.1, 0.15) is 22.1 Å². The highest BCUT2D eigenvalue weighted by atomic mass is 32.2. The Morgan fingerprint density at radius 2 is 2.10 bits per heavy atom. The van der Waals surface area contributed by atoms with E-state index in [2.05, 4.69) is 27.8 Å². The number of thioether (sulfide) groups is 2. The Kier molecular flexibility index (Phi) is 8.00. The van der Waals surface area contributed by atoms with Crippen LogP contribution in [0.1, 0.15) is 37.6 Å². The average Bonchev–Trinajstić information content (AvgIpc) is 3.14. The fourth-order valence-corrected chi connectivity index (χ4v) is 6.53. The molecule has 1 unspecified atom stereocenters. The van der Waals surface area contributed by atoms with Crippen molar-refractivity contribution in [1.29, 1.82) is 0 Å². The smallest absolute Gasteiger partial charge is 0.352 e. The predicted octanol–water partition coefficient (Wildman–Crippen LogP) is 2.44. The Morgan fingerprint density at radius 1 is 1.30 bits per heavy atom. The van der Waals surface area contributed by atoms with E-state index >= 15 is 0 Å². The van der Waals surface area contributed by atoms with Crippen LogP contribution >= 0.6 is 34.9 Å². The number of aromatic nitrogens is 2. The first-order chi connectivity index (χ1) is 14.4. The summed E-state index contributed by atoms with van der Waals surface area (Å²) in [4.78, 5) is 37.9. The molecule has 0 saturated carbocycles. The zero-order valence-electron chi connectivity index (χ0n) is 16.8. The Hall–Kier alpha value is -1.79. The number of amides is 3. The third kappa shape index (κ3) is 5.27.